The predicted molar refractivity (Wildman–Crippen MR) is 76.2 cm³/mol. The summed E-state index contributed by atoms with van der Waals surface area (Å²) in [5.74, 6) is 0.773. The predicted octanol–water partition coefficient (Wildman–Crippen LogP) is 1.27. The number of carbonyl (C=O) groups is 2. The molecular formula is C15H26N2O3. The highest BCUT2D eigenvalue weighted by Gasteiger charge is 2.39. The summed E-state index contributed by atoms with van der Waals surface area (Å²) in [5, 5.41) is 0. The molecule has 1 unspecified atom stereocenters. The molecule has 0 N–H and O–H groups in total. The van der Waals surface area contributed by atoms with Crippen LogP contribution in [0.5, 0.6) is 0 Å². The molecule has 2 rings (SSSR count). The standard InChI is InChI=1S/C15H26N2O3/c1-12(2)11-20-9-5-7-16-10-14(18)17-8-4-3-6-13(17)15(16)19/h12-13H,3-11H2,1-2H3. The highest BCUT2D eigenvalue weighted by atomic mass is 16.5. The fourth-order valence-corrected chi connectivity index (χ4v) is 2.90. The smallest absolute Gasteiger partial charge is 0.245 e. The molecule has 0 bridgehead atoms. The number of nitrogens with zero attached hydrogens (tertiary/aromatic N) is 2. The number of hydrogen-bond acceptors (Lipinski definition) is 3. The molecule has 2 fully saturated rings. The maximum Gasteiger partial charge on any atom is 0.245 e. The number of ether oxygens (including phenoxy) is 1. The number of piperazine rings is 1. The van der Waals surface area contributed by atoms with E-state index >= 15 is 0 Å². The van der Waals surface area contributed by atoms with Gasteiger partial charge in [0.25, 0.3) is 0 Å². The lowest BCUT2D eigenvalue weighted by Gasteiger charge is -2.42. The van der Waals surface area contributed by atoms with E-state index in [1.54, 1.807) is 9.80 Å². The van der Waals surface area contributed by atoms with E-state index in [4.69, 9.17) is 4.74 Å². The number of carbonyl (C=O) groups excluding carboxylic acids is 2. The molecule has 0 aromatic carbocycles. The third-order valence-electron chi connectivity index (χ3n) is 3.91. The van der Waals surface area contributed by atoms with Crippen LogP contribution in [-0.4, -0.2) is 60.5 Å². The lowest BCUT2D eigenvalue weighted by atomic mass is 9.98. The average Bonchev–Trinajstić information content (AvgIpc) is 2.43. The summed E-state index contributed by atoms with van der Waals surface area (Å²) in [7, 11) is 0. The van der Waals surface area contributed by atoms with Crippen LogP contribution in [-0.2, 0) is 14.3 Å². The summed E-state index contributed by atoms with van der Waals surface area (Å²) in [6.07, 6.45) is 3.70. The van der Waals surface area contributed by atoms with Gasteiger partial charge >= 0.3 is 0 Å². The Morgan fingerprint density at radius 1 is 1.30 bits per heavy atom. The Morgan fingerprint density at radius 2 is 2.10 bits per heavy atom. The lowest BCUT2D eigenvalue weighted by molar-refractivity contribution is -0.157. The van der Waals surface area contributed by atoms with E-state index < -0.39 is 0 Å². The zero-order valence-electron chi connectivity index (χ0n) is 12.6. The van der Waals surface area contributed by atoms with E-state index in [9.17, 15) is 9.59 Å². The zero-order valence-corrected chi connectivity index (χ0v) is 12.6. The van der Waals surface area contributed by atoms with Gasteiger partial charge in [-0.2, -0.15) is 0 Å². The third-order valence-corrected chi connectivity index (χ3v) is 3.91. The van der Waals surface area contributed by atoms with E-state index in [0.717, 1.165) is 38.8 Å². The van der Waals surface area contributed by atoms with Gasteiger partial charge < -0.3 is 14.5 Å². The topological polar surface area (TPSA) is 49.9 Å². The molecule has 2 heterocycles. The van der Waals surface area contributed by atoms with E-state index in [-0.39, 0.29) is 24.4 Å². The van der Waals surface area contributed by atoms with Gasteiger partial charge in [0, 0.05) is 26.3 Å². The normalized spacial score (nSPS) is 23.4. The van der Waals surface area contributed by atoms with Crippen LogP contribution in [0.1, 0.15) is 39.5 Å². The van der Waals surface area contributed by atoms with E-state index in [2.05, 4.69) is 13.8 Å². The first-order chi connectivity index (χ1) is 9.59. The summed E-state index contributed by atoms with van der Waals surface area (Å²) in [4.78, 5) is 27.9. The molecule has 0 aromatic heterocycles. The Hall–Kier alpha value is -1.10. The second-order valence-corrected chi connectivity index (χ2v) is 6.18. The minimum absolute atomic E-state index is 0.109. The Bertz CT molecular complexity index is 357. The van der Waals surface area contributed by atoms with E-state index in [0.29, 0.717) is 19.1 Å². The van der Waals surface area contributed by atoms with Crippen molar-refractivity contribution in [3.63, 3.8) is 0 Å². The second kappa shape index (κ2) is 7.07. The minimum atomic E-state index is -0.193. The monoisotopic (exact) mass is 282 g/mol. The maximum absolute atomic E-state index is 12.4. The first kappa shape index (κ1) is 15.3. The molecule has 1 atom stereocenters. The van der Waals surface area contributed by atoms with Crippen LogP contribution in [0.15, 0.2) is 0 Å². The van der Waals surface area contributed by atoms with Crippen LogP contribution < -0.4 is 0 Å². The zero-order chi connectivity index (χ0) is 14.5. The molecule has 2 saturated heterocycles. The van der Waals surface area contributed by atoms with Gasteiger partial charge in [-0.15, -0.1) is 0 Å². The van der Waals surface area contributed by atoms with Crippen molar-refractivity contribution < 1.29 is 14.3 Å². The summed E-state index contributed by atoms with van der Waals surface area (Å²) in [6, 6.07) is -0.193. The maximum atomic E-state index is 12.4. The number of fused-ring (bicyclic) bond motifs is 1. The molecule has 0 aliphatic carbocycles. The molecule has 0 saturated carbocycles. The molecule has 5 nitrogen and oxygen atoms in total. The lowest BCUT2D eigenvalue weighted by Crippen LogP contribution is -2.61. The number of amides is 2. The largest absolute Gasteiger partial charge is 0.381 e. The Labute approximate surface area is 121 Å². The average molecular weight is 282 g/mol. The summed E-state index contributed by atoms with van der Waals surface area (Å²) >= 11 is 0. The molecule has 2 aliphatic heterocycles. The van der Waals surface area contributed by atoms with Crippen molar-refractivity contribution in [1.29, 1.82) is 0 Å². The van der Waals surface area contributed by atoms with Gasteiger partial charge in [0.1, 0.15) is 6.04 Å². The van der Waals surface area contributed by atoms with Gasteiger partial charge in [-0.05, 0) is 31.6 Å². The van der Waals surface area contributed by atoms with Crippen molar-refractivity contribution in [1.82, 2.24) is 9.80 Å². The Morgan fingerprint density at radius 3 is 2.85 bits per heavy atom. The molecule has 5 heteroatoms. The second-order valence-electron chi connectivity index (χ2n) is 6.18. The van der Waals surface area contributed by atoms with Crippen LogP contribution in [0.4, 0.5) is 0 Å². The van der Waals surface area contributed by atoms with Gasteiger partial charge in [0.15, 0.2) is 0 Å². The first-order valence-corrected chi connectivity index (χ1v) is 7.75. The van der Waals surface area contributed by atoms with Crippen molar-refractivity contribution in [3.05, 3.63) is 0 Å². The van der Waals surface area contributed by atoms with Crippen LogP contribution >= 0.6 is 0 Å². The van der Waals surface area contributed by atoms with Gasteiger partial charge in [-0.25, -0.2) is 0 Å². The quantitative estimate of drug-likeness (QED) is 0.689. The van der Waals surface area contributed by atoms with Crippen molar-refractivity contribution in [2.24, 2.45) is 5.92 Å². The van der Waals surface area contributed by atoms with Gasteiger partial charge in [0.05, 0.1) is 6.54 Å². The highest BCUT2D eigenvalue weighted by molar-refractivity contribution is 5.95. The SMILES string of the molecule is CC(C)COCCCN1CC(=O)N2CCCCC2C1=O. The fraction of sp³-hybridized carbons (Fsp3) is 0.867. The molecular weight excluding hydrogens is 256 g/mol. The summed E-state index contributed by atoms with van der Waals surface area (Å²) < 4.78 is 5.52. The fourth-order valence-electron chi connectivity index (χ4n) is 2.90. The van der Waals surface area contributed by atoms with Crippen molar-refractivity contribution in [2.45, 2.75) is 45.6 Å². The summed E-state index contributed by atoms with van der Waals surface area (Å²) in [6.45, 7) is 7.27. The molecule has 0 aromatic rings. The van der Waals surface area contributed by atoms with Crippen LogP contribution in [0, 0.1) is 5.92 Å². The third kappa shape index (κ3) is 3.72. The van der Waals surface area contributed by atoms with Crippen molar-refractivity contribution in [3.8, 4) is 0 Å². The number of piperidine rings is 1. The minimum Gasteiger partial charge on any atom is -0.381 e. The number of rotatable bonds is 6. The molecule has 2 aliphatic rings. The Kier molecular flexibility index (Phi) is 5.40. The van der Waals surface area contributed by atoms with E-state index in [1.807, 2.05) is 0 Å². The molecule has 0 spiro atoms. The van der Waals surface area contributed by atoms with Crippen molar-refractivity contribution in [2.75, 3.05) is 32.8 Å². The highest BCUT2D eigenvalue weighted by Crippen LogP contribution is 2.23. The Balaban J connectivity index is 1.77. The first-order valence-electron chi connectivity index (χ1n) is 7.75. The van der Waals surface area contributed by atoms with Crippen LogP contribution in [0.2, 0.25) is 0 Å². The van der Waals surface area contributed by atoms with Gasteiger partial charge in [-0.1, -0.05) is 13.8 Å². The molecule has 0 radical (unpaired) electrons. The molecule has 20 heavy (non-hydrogen) atoms. The van der Waals surface area contributed by atoms with E-state index in [1.165, 1.54) is 0 Å². The van der Waals surface area contributed by atoms with Crippen LogP contribution in [0.3, 0.4) is 0 Å². The van der Waals surface area contributed by atoms with Crippen LogP contribution in [0.25, 0.3) is 0 Å². The van der Waals surface area contributed by atoms with Crippen molar-refractivity contribution >= 4 is 11.8 Å². The summed E-state index contributed by atoms with van der Waals surface area (Å²) in [5.41, 5.74) is 0. The number of hydrogen-bond donors (Lipinski definition) is 0. The molecule has 2 amide bonds. The van der Waals surface area contributed by atoms with Gasteiger partial charge in [-0.3, -0.25) is 9.59 Å². The van der Waals surface area contributed by atoms with Gasteiger partial charge in [0.2, 0.25) is 11.8 Å². The molecule has 114 valence electrons.